The van der Waals surface area contributed by atoms with Gasteiger partial charge in [0.15, 0.2) is 0 Å². The number of thiophene rings is 1. The van der Waals surface area contributed by atoms with Gasteiger partial charge in [0, 0.05) is 4.70 Å². The van der Waals surface area contributed by atoms with Gasteiger partial charge in [-0.3, -0.25) is 0 Å². The second-order valence-corrected chi connectivity index (χ2v) is 6.26. The Bertz CT molecular complexity index is 552. The Morgan fingerprint density at radius 2 is 2.22 bits per heavy atom. The van der Waals surface area contributed by atoms with E-state index in [1.165, 1.54) is 10.1 Å². The monoisotopic (exact) mass is 259 g/mol. The van der Waals surface area contributed by atoms with Crippen molar-refractivity contribution < 1.29 is 4.74 Å². The van der Waals surface area contributed by atoms with Crippen LogP contribution in [-0.4, -0.2) is 18.5 Å². The molecule has 0 N–H and O–H groups in total. The van der Waals surface area contributed by atoms with Crippen LogP contribution in [0.1, 0.15) is 25.1 Å². The summed E-state index contributed by atoms with van der Waals surface area (Å²) in [4.78, 5) is 5.85. The first kappa shape index (κ1) is 11.7. The van der Waals surface area contributed by atoms with Gasteiger partial charge < -0.3 is 4.74 Å². The Balaban J connectivity index is 1.86. The number of rotatable bonds is 3. The van der Waals surface area contributed by atoms with E-state index in [0.29, 0.717) is 12.0 Å². The molecule has 0 bridgehead atoms. The van der Waals surface area contributed by atoms with E-state index in [0.717, 1.165) is 23.8 Å². The van der Waals surface area contributed by atoms with Crippen molar-refractivity contribution >= 4 is 27.3 Å². The smallest absolute Gasteiger partial charge is 0.226 e. The van der Waals surface area contributed by atoms with Gasteiger partial charge in [0.2, 0.25) is 5.90 Å². The first-order valence-electron chi connectivity index (χ1n) is 6.42. The fourth-order valence-electron chi connectivity index (χ4n) is 2.30. The maximum atomic E-state index is 5.74. The van der Waals surface area contributed by atoms with Crippen LogP contribution in [-0.2, 0) is 4.74 Å². The highest BCUT2D eigenvalue weighted by atomic mass is 32.1. The minimum absolute atomic E-state index is 0.338. The number of fused-ring (bicyclic) bond motifs is 1. The van der Waals surface area contributed by atoms with E-state index < -0.39 is 0 Å². The maximum Gasteiger partial charge on any atom is 0.226 e. The summed E-state index contributed by atoms with van der Waals surface area (Å²) in [6, 6.07) is 10.9. The van der Waals surface area contributed by atoms with E-state index in [1.54, 1.807) is 11.3 Å². The van der Waals surface area contributed by atoms with Crippen LogP contribution < -0.4 is 0 Å². The molecule has 3 rings (SSSR count). The zero-order valence-electron chi connectivity index (χ0n) is 10.7. The predicted molar refractivity (Wildman–Crippen MR) is 77.6 cm³/mol. The highest BCUT2D eigenvalue weighted by molar-refractivity contribution is 7.20. The summed E-state index contributed by atoms with van der Waals surface area (Å²) < 4.78 is 7.04. The quantitative estimate of drug-likeness (QED) is 0.813. The standard InChI is InChI=1S/C15H17NOS/c1-10(2)7-12-9-17-15(16-12)14-8-11-5-3-4-6-13(11)18-14/h3-6,8,10,12H,7,9H2,1-2H3. The van der Waals surface area contributed by atoms with Gasteiger partial charge in [-0.05, 0) is 29.9 Å². The van der Waals surface area contributed by atoms with Crippen LogP contribution in [0.4, 0.5) is 0 Å². The number of ether oxygens (including phenoxy) is 1. The molecule has 0 saturated carbocycles. The highest BCUT2D eigenvalue weighted by Gasteiger charge is 2.22. The fourth-order valence-corrected chi connectivity index (χ4v) is 3.32. The van der Waals surface area contributed by atoms with Gasteiger partial charge in [0.05, 0.1) is 10.9 Å². The number of nitrogens with zero attached hydrogens (tertiary/aromatic N) is 1. The first-order valence-corrected chi connectivity index (χ1v) is 7.23. The van der Waals surface area contributed by atoms with Crippen LogP contribution in [0, 0.1) is 5.92 Å². The lowest BCUT2D eigenvalue weighted by molar-refractivity contribution is 0.302. The Kier molecular flexibility index (Phi) is 3.08. The highest BCUT2D eigenvalue weighted by Crippen LogP contribution is 2.28. The molecule has 0 aliphatic carbocycles. The summed E-state index contributed by atoms with van der Waals surface area (Å²) in [5.41, 5.74) is 0. The molecule has 2 nitrogen and oxygen atoms in total. The van der Waals surface area contributed by atoms with Gasteiger partial charge in [-0.25, -0.2) is 4.99 Å². The van der Waals surface area contributed by atoms with Gasteiger partial charge >= 0.3 is 0 Å². The zero-order chi connectivity index (χ0) is 12.5. The van der Waals surface area contributed by atoms with Crippen LogP contribution in [0.3, 0.4) is 0 Å². The summed E-state index contributed by atoms with van der Waals surface area (Å²) in [6.07, 6.45) is 1.11. The third-order valence-corrected chi connectivity index (χ3v) is 4.20. The second kappa shape index (κ2) is 4.73. The predicted octanol–water partition coefficient (Wildman–Crippen LogP) is 4.09. The molecule has 94 valence electrons. The van der Waals surface area contributed by atoms with Crippen LogP contribution in [0.15, 0.2) is 35.3 Å². The maximum absolute atomic E-state index is 5.74. The van der Waals surface area contributed by atoms with E-state index in [1.807, 2.05) is 0 Å². The van der Waals surface area contributed by atoms with E-state index in [-0.39, 0.29) is 0 Å². The summed E-state index contributed by atoms with van der Waals surface area (Å²) in [7, 11) is 0. The molecule has 0 fully saturated rings. The second-order valence-electron chi connectivity index (χ2n) is 5.18. The number of hydrogen-bond donors (Lipinski definition) is 0. The lowest BCUT2D eigenvalue weighted by Crippen LogP contribution is -2.09. The summed E-state index contributed by atoms with van der Waals surface area (Å²) in [5.74, 6) is 1.51. The average molecular weight is 259 g/mol. The van der Waals surface area contributed by atoms with Crippen molar-refractivity contribution in [3.63, 3.8) is 0 Å². The number of hydrogen-bond acceptors (Lipinski definition) is 3. The normalized spacial score (nSPS) is 19.3. The Labute approximate surface area is 111 Å². The molecule has 1 aliphatic rings. The molecule has 1 atom stereocenters. The van der Waals surface area contributed by atoms with Gasteiger partial charge in [-0.15, -0.1) is 11.3 Å². The minimum Gasteiger partial charge on any atom is -0.475 e. The Morgan fingerprint density at radius 3 is 3.00 bits per heavy atom. The van der Waals surface area contributed by atoms with Gasteiger partial charge in [0.1, 0.15) is 6.61 Å². The SMILES string of the molecule is CC(C)CC1COC(c2cc3ccccc3s2)=N1. The molecule has 0 saturated heterocycles. The van der Waals surface area contributed by atoms with Gasteiger partial charge in [-0.1, -0.05) is 32.0 Å². The van der Waals surface area contributed by atoms with Crippen LogP contribution in [0.5, 0.6) is 0 Å². The lowest BCUT2D eigenvalue weighted by atomic mass is 10.1. The van der Waals surface area contributed by atoms with E-state index in [4.69, 9.17) is 9.73 Å². The first-order chi connectivity index (χ1) is 8.72. The molecule has 1 aromatic heterocycles. The van der Waals surface area contributed by atoms with Crippen molar-refractivity contribution in [2.45, 2.75) is 26.3 Å². The molecule has 3 heteroatoms. The van der Waals surface area contributed by atoms with E-state index >= 15 is 0 Å². The van der Waals surface area contributed by atoms with Gasteiger partial charge in [-0.2, -0.15) is 0 Å². The van der Waals surface area contributed by atoms with Crippen LogP contribution in [0.2, 0.25) is 0 Å². The van der Waals surface area contributed by atoms with Crippen molar-refractivity contribution in [2.75, 3.05) is 6.61 Å². The number of benzene rings is 1. The molecule has 1 aromatic carbocycles. The fraction of sp³-hybridized carbons (Fsp3) is 0.400. The van der Waals surface area contributed by atoms with Crippen LogP contribution in [0.25, 0.3) is 10.1 Å². The summed E-state index contributed by atoms with van der Waals surface area (Å²) in [5, 5.41) is 1.27. The summed E-state index contributed by atoms with van der Waals surface area (Å²) in [6.45, 7) is 5.20. The number of aliphatic imine (C=N–C) groups is 1. The van der Waals surface area contributed by atoms with Crippen molar-refractivity contribution in [1.82, 2.24) is 0 Å². The average Bonchev–Trinajstić information content (AvgIpc) is 2.93. The molecular formula is C15H17NOS. The molecule has 1 aliphatic heterocycles. The molecule has 2 heterocycles. The van der Waals surface area contributed by atoms with Crippen molar-refractivity contribution in [2.24, 2.45) is 10.9 Å². The van der Waals surface area contributed by atoms with Crippen molar-refractivity contribution in [1.29, 1.82) is 0 Å². The van der Waals surface area contributed by atoms with E-state index in [2.05, 4.69) is 44.2 Å². The topological polar surface area (TPSA) is 21.6 Å². The Morgan fingerprint density at radius 1 is 1.39 bits per heavy atom. The molecule has 18 heavy (non-hydrogen) atoms. The zero-order valence-corrected chi connectivity index (χ0v) is 11.5. The van der Waals surface area contributed by atoms with Crippen LogP contribution >= 0.6 is 11.3 Å². The third kappa shape index (κ3) is 2.27. The molecule has 0 spiro atoms. The molecule has 0 radical (unpaired) electrons. The minimum atomic E-state index is 0.338. The molecule has 1 unspecified atom stereocenters. The molecule has 0 amide bonds. The van der Waals surface area contributed by atoms with Crippen molar-refractivity contribution in [3.8, 4) is 0 Å². The Hall–Kier alpha value is -1.35. The summed E-state index contributed by atoms with van der Waals surface area (Å²) >= 11 is 1.76. The lowest BCUT2D eigenvalue weighted by Gasteiger charge is -2.06. The molecule has 2 aromatic rings. The van der Waals surface area contributed by atoms with Gasteiger partial charge in [0.25, 0.3) is 0 Å². The third-order valence-electron chi connectivity index (χ3n) is 3.09. The van der Waals surface area contributed by atoms with E-state index in [9.17, 15) is 0 Å². The van der Waals surface area contributed by atoms with Crippen molar-refractivity contribution in [3.05, 3.63) is 35.2 Å². The molecular weight excluding hydrogens is 242 g/mol. The largest absolute Gasteiger partial charge is 0.475 e.